The highest BCUT2D eigenvalue weighted by Gasteiger charge is 2.33. The van der Waals surface area contributed by atoms with E-state index in [-0.39, 0.29) is 23.2 Å². The van der Waals surface area contributed by atoms with Crippen molar-refractivity contribution in [2.75, 3.05) is 32.4 Å². The van der Waals surface area contributed by atoms with Gasteiger partial charge in [0.1, 0.15) is 6.04 Å². The summed E-state index contributed by atoms with van der Waals surface area (Å²) in [7, 11) is 1.87. The van der Waals surface area contributed by atoms with Crippen LogP contribution in [-0.4, -0.2) is 70.4 Å². The summed E-state index contributed by atoms with van der Waals surface area (Å²) in [5.74, 6) is 0.588. The van der Waals surface area contributed by atoms with E-state index in [2.05, 4.69) is 21.3 Å². The van der Waals surface area contributed by atoms with Crippen molar-refractivity contribution in [2.45, 2.75) is 31.3 Å². The van der Waals surface area contributed by atoms with Gasteiger partial charge in [0.05, 0.1) is 0 Å². The van der Waals surface area contributed by atoms with Crippen molar-refractivity contribution in [2.24, 2.45) is 0 Å². The molecule has 3 heterocycles. The van der Waals surface area contributed by atoms with Crippen molar-refractivity contribution in [3.05, 3.63) is 30.1 Å². The maximum atomic E-state index is 12.5. The molecule has 0 aromatic carbocycles. The molecule has 2 aliphatic heterocycles. The van der Waals surface area contributed by atoms with E-state index in [4.69, 9.17) is 0 Å². The maximum Gasteiger partial charge on any atom is 0.279 e. The normalized spacial score (nSPS) is 22.4. The molecule has 0 radical (unpaired) electrons. The van der Waals surface area contributed by atoms with Gasteiger partial charge in [-0.3, -0.25) is 14.6 Å². The fourth-order valence-electron chi connectivity index (χ4n) is 3.29. The van der Waals surface area contributed by atoms with Crippen LogP contribution in [0.15, 0.2) is 24.4 Å². The summed E-state index contributed by atoms with van der Waals surface area (Å²) in [5, 5.41) is 2.64. The molecule has 2 fully saturated rings. The Morgan fingerprint density at radius 2 is 2.21 bits per heavy atom. The lowest BCUT2D eigenvalue weighted by Crippen LogP contribution is -2.51. The molecule has 1 atom stereocenters. The second kappa shape index (κ2) is 7.98. The molecule has 2 aliphatic rings. The number of likely N-dealkylation sites (tertiary alicyclic amines) is 1. The van der Waals surface area contributed by atoms with Gasteiger partial charge in [-0.1, -0.05) is 17.8 Å². The molecular weight excluding hydrogens is 324 g/mol. The summed E-state index contributed by atoms with van der Waals surface area (Å²) in [4.78, 5) is 32.4. The number of thioether (sulfide) groups is 1. The van der Waals surface area contributed by atoms with E-state index in [1.807, 2.05) is 30.3 Å². The van der Waals surface area contributed by atoms with E-state index in [0.29, 0.717) is 5.75 Å². The minimum atomic E-state index is -0.352. The number of carbonyl (C=O) groups is 2. The number of nitrogens with zero attached hydrogens (tertiary/aromatic N) is 3. The maximum absolute atomic E-state index is 12.5. The Kier molecular flexibility index (Phi) is 5.73. The van der Waals surface area contributed by atoms with Crippen molar-refractivity contribution in [1.29, 1.82) is 0 Å². The number of hydrogen-bond acceptors (Lipinski definition) is 5. The van der Waals surface area contributed by atoms with Gasteiger partial charge in [0.15, 0.2) is 0 Å². The summed E-state index contributed by atoms with van der Waals surface area (Å²) in [5.41, 5.74) is 1.13. The number of amides is 2. The van der Waals surface area contributed by atoms with Crippen molar-refractivity contribution in [3.63, 3.8) is 0 Å². The number of hydrogen-bond donors (Lipinski definition) is 1. The molecule has 1 aromatic heterocycles. The van der Waals surface area contributed by atoms with Crippen molar-refractivity contribution < 1.29 is 9.59 Å². The Morgan fingerprint density at radius 3 is 2.83 bits per heavy atom. The molecular formula is C17H24N4O2S. The molecule has 24 heavy (non-hydrogen) atoms. The molecule has 0 aliphatic carbocycles. The number of carbonyl (C=O) groups excluding carboxylic acids is 2. The van der Waals surface area contributed by atoms with Gasteiger partial charge in [-0.2, -0.15) is 0 Å². The fourth-order valence-corrected chi connectivity index (χ4v) is 4.06. The number of likely N-dealkylation sites (N-methyl/N-ethyl adjacent to an activating group) is 1. The zero-order chi connectivity index (χ0) is 16.9. The first-order valence-corrected chi connectivity index (χ1v) is 9.44. The van der Waals surface area contributed by atoms with Gasteiger partial charge >= 0.3 is 0 Å². The fraction of sp³-hybridized carbons (Fsp3) is 0.588. The first-order valence-electron chi connectivity index (χ1n) is 8.45. The van der Waals surface area contributed by atoms with E-state index in [1.165, 1.54) is 11.8 Å². The van der Waals surface area contributed by atoms with E-state index < -0.39 is 0 Å². The van der Waals surface area contributed by atoms with Gasteiger partial charge in [0.25, 0.3) is 5.24 Å². The quantitative estimate of drug-likeness (QED) is 0.871. The van der Waals surface area contributed by atoms with Crippen molar-refractivity contribution >= 4 is 22.9 Å². The average molecular weight is 348 g/mol. The van der Waals surface area contributed by atoms with Crippen LogP contribution in [0.4, 0.5) is 4.79 Å². The number of piperidine rings is 1. The van der Waals surface area contributed by atoms with Crippen LogP contribution in [0.3, 0.4) is 0 Å². The topological polar surface area (TPSA) is 65.5 Å². The van der Waals surface area contributed by atoms with Crippen molar-refractivity contribution in [3.8, 4) is 0 Å². The highest BCUT2D eigenvalue weighted by molar-refractivity contribution is 8.14. The number of pyridine rings is 1. The predicted molar refractivity (Wildman–Crippen MR) is 95.0 cm³/mol. The van der Waals surface area contributed by atoms with E-state index in [0.717, 1.165) is 44.6 Å². The van der Waals surface area contributed by atoms with Crippen LogP contribution < -0.4 is 5.32 Å². The highest BCUT2D eigenvalue weighted by Crippen LogP contribution is 2.20. The molecule has 130 valence electrons. The monoisotopic (exact) mass is 348 g/mol. The molecule has 1 aromatic rings. The molecule has 3 rings (SSSR count). The third-order valence-electron chi connectivity index (χ3n) is 4.83. The minimum absolute atomic E-state index is 0.0419. The first kappa shape index (κ1) is 17.2. The highest BCUT2D eigenvalue weighted by atomic mass is 32.2. The third kappa shape index (κ3) is 4.27. The zero-order valence-corrected chi connectivity index (χ0v) is 14.8. The Morgan fingerprint density at radius 1 is 1.42 bits per heavy atom. The van der Waals surface area contributed by atoms with Crippen LogP contribution in [0.5, 0.6) is 0 Å². The largest absolute Gasteiger partial charge is 0.341 e. The predicted octanol–water partition coefficient (Wildman–Crippen LogP) is 1.37. The average Bonchev–Trinajstić information content (AvgIpc) is 3.06. The Hall–Kier alpha value is -1.60. The molecule has 1 unspecified atom stereocenters. The lowest BCUT2D eigenvalue weighted by atomic mass is 10.0. The van der Waals surface area contributed by atoms with E-state index in [1.54, 1.807) is 0 Å². The van der Waals surface area contributed by atoms with Gasteiger partial charge in [-0.15, -0.1) is 0 Å². The van der Waals surface area contributed by atoms with Crippen LogP contribution in [0, 0.1) is 0 Å². The Labute approximate surface area is 147 Å². The SMILES string of the molecule is CN(C(=O)C1CSC(=O)N1)C1CCN(CCc2ccccn2)CC1. The number of rotatable bonds is 5. The lowest BCUT2D eigenvalue weighted by molar-refractivity contribution is -0.134. The first-order chi connectivity index (χ1) is 11.6. The zero-order valence-electron chi connectivity index (χ0n) is 14.0. The molecule has 0 saturated carbocycles. The van der Waals surface area contributed by atoms with Crippen LogP contribution in [-0.2, 0) is 11.2 Å². The summed E-state index contributed by atoms with van der Waals surface area (Å²) in [6, 6.07) is 5.94. The smallest absolute Gasteiger partial charge is 0.279 e. The summed E-state index contributed by atoms with van der Waals surface area (Å²) >= 11 is 1.19. The third-order valence-corrected chi connectivity index (χ3v) is 5.71. The minimum Gasteiger partial charge on any atom is -0.341 e. The van der Waals surface area contributed by atoms with Crippen LogP contribution >= 0.6 is 11.8 Å². The second-order valence-electron chi connectivity index (χ2n) is 6.39. The van der Waals surface area contributed by atoms with Gasteiger partial charge in [0, 0.05) is 56.8 Å². The molecule has 0 bridgehead atoms. The molecule has 7 heteroatoms. The summed E-state index contributed by atoms with van der Waals surface area (Å²) in [6.45, 7) is 3.01. The molecule has 2 saturated heterocycles. The molecule has 0 spiro atoms. The molecule has 2 amide bonds. The van der Waals surface area contributed by atoms with Crippen LogP contribution in [0.25, 0.3) is 0 Å². The van der Waals surface area contributed by atoms with Crippen LogP contribution in [0.2, 0.25) is 0 Å². The van der Waals surface area contributed by atoms with E-state index >= 15 is 0 Å². The summed E-state index contributed by atoms with van der Waals surface area (Å²) in [6.07, 6.45) is 4.77. The van der Waals surface area contributed by atoms with Crippen molar-refractivity contribution in [1.82, 2.24) is 20.1 Å². The second-order valence-corrected chi connectivity index (χ2v) is 7.38. The van der Waals surface area contributed by atoms with Gasteiger partial charge in [-0.25, -0.2) is 0 Å². The molecule has 1 N–H and O–H groups in total. The van der Waals surface area contributed by atoms with Gasteiger partial charge in [-0.05, 0) is 25.0 Å². The Balaban J connectivity index is 1.42. The lowest BCUT2D eigenvalue weighted by Gasteiger charge is -2.37. The standard InChI is InChI=1S/C17H24N4O2S/c1-20(16(22)15-12-24-17(23)19-15)14-6-10-21(11-7-14)9-5-13-4-2-3-8-18-13/h2-4,8,14-15H,5-7,9-12H2,1H3,(H,19,23). The van der Waals surface area contributed by atoms with Gasteiger partial charge < -0.3 is 15.1 Å². The van der Waals surface area contributed by atoms with Gasteiger partial charge in [0.2, 0.25) is 5.91 Å². The van der Waals surface area contributed by atoms with E-state index in [9.17, 15) is 9.59 Å². The molecule has 6 nitrogen and oxygen atoms in total. The summed E-state index contributed by atoms with van der Waals surface area (Å²) < 4.78 is 0. The number of nitrogens with one attached hydrogen (secondary N) is 1. The van der Waals surface area contributed by atoms with Crippen LogP contribution in [0.1, 0.15) is 18.5 Å². The Bertz CT molecular complexity index is 575. The number of aromatic nitrogens is 1.